The summed E-state index contributed by atoms with van der Waals surface area (Å²) in [7, 11) is 3.77. The van der Waals surface area contributed by atoms with Crippen molar-refractivity contribution in [2.45, 2.75) is 32.9 Å². The molecule has 1 aromatic rings. The molecule has 1 N–H and O–H groups in total. The molecule has 0 saturated heterocycles. The summed E-state index contributed by atoms with van der Waals surface area (Å²) in [5.41, 5.74) is 0.380. The third-order valence-electron chi connectivity index (χ3n) is 3.84. The van der Waals surface area contributed by atoms with E-state index in [9.17, 15) is 8.78 Å². The van der Waals surface area contributed by atoms with Crippen molar-refractivity contribution in [2.75, 3.05) is 20.6 Å². The quantitative estimate of drug-likeness (QED) is 0.854. The van der Waals surface area contributed by atoms with Gasteiger partial charge in [-0.15, -0.1) is 0 Å². The molecular formula is C15H24F2N2. The maximum absolute atomic E-state index is 13.8. The molecule has 0 aliphatic heterocycles. The predicted molar refractivity (Wildman–Crippen MR) is 75.1 cm³/mol. The van der Waals surface area contributed by atoms with Crippen molar-refractivity contribution in [2.24, 2.45) is 5.92 Å². The van der Waals surface area contributed by atoms with Crippen LogP contribution in [0.25, 0.3) is 0 Å². The Morgan fingerprint density at radius 1 is 1.21 bits per heavy atom. The van der Waals surface area contributed by atoms with Crippen molar-refractivity contribution in [3.05, 3.63) is 35.4 Å². The van der Waals surface area contributed by atoms with Crippen LogP contribution in [0.3, 0.4) is 0 Å². The highest BCUT2D eigenvalue weighted by atomic mass is 19.2. The van der Waals surface area contributed by atoms with Gasteiger partial charge in [0.15, 0.2) is 11.6 Å². The molecule has 2 atom stereocenters. The van der Waals surface area contributed by atoms with Crippen molar-refractivity contribution in [1.29, 1.82) is 0 Å². The number of hydrogen-bond acceptors (Lipinski definition) is 2. The lowest BCUT2D eigenvalue weighted by atomic mass is 10.0. The Hall–Kier alpha value is -1.00. The minimum atomic E-state index is -0.794. The lowest BCUT2D eigenvalue weighted by molar-refractivity contribution is 0.189. The van der Waals surface area contributed by atoms with Crippen LogP contribution in [0.1, 0.15) is 32.4 Å². The molecule has 0 spiro atoms. The standard InChI is InChI=1S/C15H24F2N2/c1-10(2)11(3)19(5)9-14(18-4)12-7-6-8-13(16)15(12)17/h6-8,10-11,14,18H,9H2,1-5H3. The molecule has 108 valence electrons. The molecule has 19 heavy (non-hydrogen) atoms. The van der Waals surface area contributed by atoms with Crippen LogP contribution in [0.2, 0.25) is 0 Å². The van der Waals surface area contributed by atoms with Crippen molar-refractivity contribution >= 4 is 0 Å². The molecule has 0 bridgehead atoms. The summed E-state index contributed by atoms with van der Waals surface area (Å²) < 4.78 is 27.1. The fourth-order valence-electron chi connectivity index (χ4n) is 2.10. The summed E-state index contributed by atoms with van der Waals surface area (Å²) in [5, 5.41) is 3.06. The molecule has 0 heterocycles. The van der Waals surface area contributed by atoms with Crippen LogP contribution in [0.15, 0.2) is 18.2 Å². The molecule has 0 aromatic heterocycles. The summed E-state index contributed by atoms with van der Waals surface area (Å²) in [5.74, 6) is -1.04. The van der Waals surface area contributed by atoms with Gasteiger partial charge in [-0.25, -0.2) is 8.78 Å². The first-order valence-corrected chi connectivity index (χ1v) is 6.69. The Morgan fingerprint density at radius 2 is 1.84 bits per heavy atom. The first kappa shape index (κ1) is 16.1. The Kier molecular flexibility index (Phi) is 5.88. The molecule has 2 unspecified atom stereocenters. The van der Waals surface area contributed by atoms with Crippen molar-refractivity contribution in [3.8, 4) is 0 Å². The number of nitrogens with zero attached hydrogens (tertiary/aromatic N) is 1. The molecule has 0 aliphatic rings. The Bertz CT molecular complexity index is 407. The van der Waals surface area contributed by atoms with Gasteiger partial charge in [-0.05, 0) is 33.0 Å². The van der Waals surface area contributed by atoms with E-state index >= 15 is 0 Å². The minimum absolute atomic E-state index is 0.220. The average Bonchev–Trinajstić information content (AvgIpc) is 2.38. The fraction of sp³-hybridized carbons (Fsp3) is 0.600. The zero-order valence-corrected chi connectivity index (χ0v) is 12.4. The van der Waals surface area contributed by atoms with Crippen LogP contribution >= 0.6 is 0 Å². The van der Waals surface area contributed by atoms with Crippen molar-refractivity contribution in [1.82, 2.24) is 10.2 Å². The zero-order valence-electron chi connectivity index (χ0n) is 12.4. The van der Waals surface area contributed by atoms with Gasteiger partial charge in [-0.2, -0.15) is 0 Å². The molecule has 1 aromatic carbocycles. The third-order valence-corrected chi connectivity index (χ3v) is 3.84. The van der Waals surface area contributed by atoms with Gasteiger partial charge in [-0.3, -0.25) is 0 Å². The van der Waals surface area contributed by atoms with Crippen LogP contribution in [0, 0.1) is 17.6 Å². The van der Waals surface area contributed by atoms with Gasteiger partial charge in [0, 0.05) is 24.2 Å². The second-order valence-electron chi connectivity index (χ2n) is 5.41. The Morgan fingerprint density at radius 3 is 2.37 bits per heavy atom. The molecular weight excluding hydrogens is 246 g/mol. The van der Waals surface area contributed by atoms with Crippen molar-refractivity contribution in [3.63, 3.8) is 0 Å². The van der Waals surface area contributed by atoms with Crippen molar-refractivity contribution < 1.29 is 8.78 Å². The normalized spacial score (nSPS) is 15.0. The van der Waals surface area contributed by atoms with E-state index in [1.54, 1.807) is 19.2 Å². The number of nitrogens with one attached hydrogen (secondary N) is 1. The molecule has 0 saturated carbocycles. The SMILES string of the molecule is CNC(CN(C)C(C)C(C)C)c1cccc(F)c1F. The maximum Gasteiger partial charge on any atom is 0.163 e. The number of hydrogen-bond donors (Lipinski definition) is 1. The largest absolute Gasteiger partial charge is 0.312 e. The van der Waals surface area contributed by atoms with Crippen LogP contribution < -0.4 is 5.32 Å². The smallest absolute Gasteiger partial charge is 0.163 e. The second kappa shape index (κ2) is 6.96. The van der Waals surface area contributed by atoms with E-state index in [-0.39, 0.29) is 6.04 Å². The van der Waals surface area contributed by atoms with Gasteiger partial charge in [0.1, 0.15) is 0 Å². The van der Waals surface area contributed by atoms with E-state index < -0.39 is 11.6 Å². The van der Waals surface area contributed by atoms with Gasteiger partial charge >= 0.3 is 0 Å². The van der Waals surface area contributed by atoms with Crippen LogP contribution in [-0.4, -0.2) is 31.6 Å². The van der Waals surface area contributed by atoms with Gasteiger partial charge in [0.25, 0.3) is 0 Å². The van der Waals surface area contributed by atoms with Crippen LogP contribution in [-0.2, 0) is 0 Å². The molecule has 0 radical (unpaired) electrons. The van der Waals surface area contributed by atoms with E-state index in [4.69, 9.17) is 0 Å². The Balaban J connectivity index is 2.87. The highest BCUT2D eigenvalue weighted by Gasteiger charge is 2.21. The molecule has 0 fully saturated rings. The summed E-state index contributed by atoms with van der Waals surface area (Å²) in [6.45, 7) is 7.08. The molecule has 4 heteroatoms. The van der Waals surface area contributed by atoms with Crippen LogP contribution in [0.4, 0.5) is 8.78 Å². The molecule has 1 rings (SSSR count). The topological polar surface area (TPSA) is 15.3 Å². The fourth-order valence-corrected chi connectivity index (χ4v) is 2.10. The first-order chi connectivity index (χ1) is 8.88. The first-order valence-electron chi connectivity index (χ1n) is 6.69. The van der Waals surface area contributed by atoms with E-state index in [0.29, 0.717) is 24.1 Å². The number of rotatable bonds is 6. The van der Waals surface area contributed by atoms with E-state index in [1.807, 2.05) is 7.05 Å². The van der Waals surface area contributed by atoms with Gasteiger partial charge in [0.2, 0.25) is 0 Å². The van der Waals surface area contributed by atoms with E-state index in [0.717, 1.165) is 6.07 Å². The summed E-state index contributed by atoms with van der Waals surface area (Å²) in [4.78, 5) is 2.16. The molecule has 2 nitrogen and oxygen atoms in total. The van der Waals surface area contributed by atoms with E-state index in [2.05, 4.69) is 31.0 Å². The summed E-state index contributed by atoms with van der Waals surface area (Å²) in [6.07, 6.45) is 0. The van der Waals surface area contributed by atoms with Gasteiger partial charge in [0.05, 0.1) is 0 Å². The molecule has 0 aliphatic carbocycles. The average molecular weight is 270 g/mol. The maximum atomic E-state index is 13.8. The number of benzene rings is 1. The molecule has 0 amide bonds. The number of halogens is 2. The lowest BCUT2D eigenvalue weighted by Gasteiger charge is -2.31. The zero-order chi connectivity index (χ0) is 14.6. The lowest BCUT2D eigenvalue weighted by Crippen LogP contribution is -2.39. The highest BCUT2D eigenvalue weighted by molar-refractivity contribution is 5.22. The summed E-state index contributed by atoms with van der Waals surface area (Å²) in [6, 6.07) is 4.48. The Labute approximate surface area is 114 Å². The predicted octanol–water partition coefficient (Wildman–Crippen LogP) is 3.20. The van der Waals surface area contributed by atoms with Crippen LogP contribution in [0.5, 0.6) is 0 Å². The second-order valence-corrected chi connectivity index (χ2v) is 5.41. The third kappa shape index (κ3) is 3.98. The minimum Gasteiger partial charge on any atom is -0.312 e. The van der Waals surface area contributed by atoms with Gasteiger partial charge in [-0.1, -0.05) is 26.0 Å². The van der Waals surface area contributed by atoms with Gasteiger partial charge < -0.3 is 10.2 Å². The highest BCUT2D eigenvalue weighted by Crippen LogP contribution is 2.21. The number of likely N-dealkylation sites (N-methyl/N-ethyl adjacent to an activating group) is 2. The summed E-state index contributed by atoms with van der Waals surface area (Å²) >= 11 is 0. The monoisotopic (exact) mass is 270 g/mol. The van der Waals surface area contributed by atoms with E-state index in [1.165, 1.54) is 0 Å².